The zero-order valence-electron chi connectivity index (χ0n) is 14.6. The smallest absolute Gasteiger partial charge is 0.270 e. The molecule has 1 unspecified atom stereocenters. The molecule has 0 fully saturated rings. The van der Waals surface area contributed by atoms with Crippen LogP contribution in [-0.2, 0) is 4.79 Å². The molecule has 0 N–H and O–H groups in total. The minimum Gasteiger partial charge on any atom is -0.494 e. The molecule has 134 valence electrons. The van der Waals surface area contributed by atoms with Crippen molar-refractivity contribution in [3.8, 4) is 11.5 Å². The number of amides is 2. The average Bonchev–Trinajstić information content (AvgIpc) is 2.73. The molecule has 0 saturated carbocycles. The van der Waals surface area contributed by atoms with Crippen LogP contribution in [0.3, 0.4) is 0 Å². The first kappa shape index (κ1) is 17.7. The van der Waals surface area contributed by atoms with Crippen molar-refractivity contribution in [1.82, 2.24) is 4.90 Å². The lowest BCUT2D eigenvalue weighted by Crippen LogP contribution is -2.44. The number of hydrogen-bond donors (Lipinski definition) is 0. The van der Waals surface area contributed by atoms with Gasteiger partial charge in [-0.1, -0.05) is 12.1 Å². The second-order valence-electron chi connectivity index (χ2n) is 5.87. The van der Waals surface area contributed by atoms with Crippen LogP contribution in [0, 0.1) is 0 Å². The van der Waals surface area contributed by atoms with Crippen LogP contribution < -0.4 is 9.47 Å². The van der Waals surface area contributed by atoms with Crippen molar-refractivity contribution >= 4 is 17.6 Å². The number of rotatable bonds is 5. The Morgan fingerprint density at radius 1 is 1.12 bits per heavy atom. The first-order valence-corrected chi connectivity index (χ1v) is 8.38. The highest BCUT2D eigenvalue weighted by molar-refractivity contribution is 6.12. The second-order valence-corrected chi connectivity index (χ2v) is 5.87. The maximum absolute atomic E-state index is 12.8. The van der Waals surface area contributed by atoms with Gasteiger partial charge in [0.2, 0.25) is 0 Å². The number of ketones is 1. The van der Waals surface area contributed by atoms with Gasteiger partial charge >= 0.3 is 0 Å². The first-order chi connectivity index (χ1) is 12.5. The summed E-state index contributed by atoms with van der Waals surface area (Å²) in [6.45, 7) is 3.62. The Bertz CT molecular complexity index is 844. The Balaban J connectivity index is 1.84. The van der Waals surface area contributed by atoms with Gasteiger partial charge in [0, 0.05) is 5.56 Å². The van der Waals surface area contributed by atoms with Gasteiger partial charge < -0.3 is 9.47 Å². The minimum absolute atomic E-state index is 0.268. The Labute approximate surface area is 151 Å². The molecule has 0 aromatic heterocycles. The number of hydrogen-bond acceptors (Lipinski definition) is 5. The molecule has 0 spiro atoms. The molecule has 3 rings (SSSR count). The lowest BCUT2D eigenvalue weighted by molar-refractivity contribution is -0.134. The summed E-state index contributed by atoms with van der Waals surface area (Å²) in [5.74, 6) is -0.405. The van der Waals surface area contributed by atoms with Crippen LogP contribution in [0.15, 0.2) is 48.5 Å². The zero-order valence-corrected chi connectivity index (χ0v) is 14.6. The van der Waals surface area contributed by atoms with Gasteiger partial charge in [-0.15, -0.1) is 0 Å². The average molecular weight is 353 g/mol. The van der Waals surface area contributed by atoms with Crippen LogP contribution in [0.25, 0.3) is 0 Å². The number of Topliss-reactive ketones (excluding diaryl/α,β-unsaturated/α-hetero) is 1. The number of carbonyl (C=O) groups is 3. The van der Waals surface area contributed by atoms with Gasteiger partial charge in [-0.25, -0.2) is 0 Å². The Kier molecular flexibility index (Phi) is 5.02. The van der Waals surface area contributed by atoms with E-state index in [0.717, 1.165) is 4.90 Å². The summed E-state index contributed by atoms with van der Waals surface area (Å²) < 4.78 is 10.9. The number of ether oxygens (including phenoxy) is 2. The molecule has 2 amide bonds. The lowest BCUT2D eigenvalue weighted by atomic mass is 10.1. The van der Waals surface area contributed by atoms with Crippen molar-refractivity contribution in [2.45, 2.75) is 20.0 Å². The van der Waals surface area contributed by atoms with Crippen LogP contribution in [0.2, 0.25) is 0 Å². The quantitative estimate of drug-likeness (QED) is 0.610. The van der Waals surface area contributed by atoms with E-state index in [0.29, 0.717) is 23.7 Å². The summed E-state index contributed by atoms with van der Waals surface area (Å²) >= 11 is 0. The highest BCUT2D eigenvalue weighted by Gasteiger charge is 2.35. The number of carbonyl (C=O) groups excluding carboxylic acids is 3. The van der Waals surface area contributed by atoms with Gasteiger partial charge in [-0.3, -0.25) is 19.3 Å². The van der Waals surface area contributed by atoms with Crippen LogP contribution >= 0.6 is 0 Å². The SMILES string of the molecule is CCOc1ccc(C(=O)CN2C(=O)c3ccccc3OC(C)C2=O)cc1. The molecule has 2 aromatic rings. The van der Waals surface area contributed by atoms with Gasteiger partial charge in [0.05, 0.1) is 18.7 Å². The molecular formula is C20H19NO5. The van der Waals surface area contributed by atoms with E-state index in [1.807, 2.05) is 6.92 Å². The van der Waals surface area contributed by atoms with Gasteiger partial charge in [0.1, 0.15) is 11.5 Å². The monoisotopic (exact) mass is 353 g/mol. The van der Waals surface area contributed by atoms with Crippen molar-refractivity contribution in [2.24, 2.45) is 0 Å². The summed E-state index contributed by atoms with van der Waals surface area (Å²) in [5, 5.41) is 0. The van der Waals surface area contributed by atoms with E-state index >= 15 is 0 Å². The van der Waals surface area contributed by atoms with E-state index in [9.17, 15) is 14.4 Å². The summed E-state index contributed by atoms with van der Waals surface area (Å²) in [7, 11) is 0. The van der Waals surface area contributed by atoms with E-state index in [4.69, 9.17) is 9.47 Å². The summed E-state index contributed by atoms with van der Waals surface area (Å²) in [6, 6.07) is 13.2. The van der Waals surface area contributed by atoms with Gasteiger partial charge in [-0.05, 0) is 50.2 Å². The summed E-state index contributed by atoms with van der Waals surface area (Å²) in [4.78, 5) is 38.8. The molecule has 0 saturated heterocycles. The van der Waals surface area contributed by atoms with Crippen LogP contribution in [-0.4, -0.2) is 41.8 Å². The van der Waals surface area contributed by atoms with Gasteiger partial charge in [-0.2, -0.15) is 0 Å². The fraction of sp³-hybridized carbons (Fsp3) is 0.250. The number of nitrogens with zero attached hydrogens (tertiary/aromatic N) is 1. The predicted octanol–water partition coefficient (Wildman–Crippen LogP) is 2.72. The second kappa shape index (κ2) is 7.39. The highest BCUT2D eigenvalue weighted by Crippen LogP contribution is 2.25. The number of benzene rings is 2. The van der Waals surface area contributed by atoms with Crippen molar-refractivity contribution in [1.29, 1.82) is 0 Å². The zero-order chi connectivity index (χ0) is 18.7. The number of imide groups is 1. The summed E-state index contributed by atoms with van der Waals surface area (Å²) in [6.07, 6.45) is -0.851. The highest BCUT2D eigenvalue weighted by atomic mass is 16.5. The molecular weight excluding hydrogens is 334 g/mol. The topological polar surface area (TPSA) is 72.9 Å². The molecule has 2 aromatic carbocycles. The predicted molar refractivity (Wildman–Crippen MR) is 94.5 cm³/mol. The standard InChI is InChI=1S/C20H19NO5/c1-3-25-15-10-8-14(9-11-15)17(22)12-21-19(23)13(2)26-18-7-5-4-6-16(18)20(21)24/h4-11,13H,3,12H2,1-2H3. The van der Waals surface area contributed by atoms with E-state index in [1.54, 1.807) is 55.5 Å². The van der Waals surface area contributed by atoms with Crippen molar-refractivity contribution < 1.29 is 23.9 Å². The molecule has 0 aliphatic carbocycles. The Morgan fingerprint density at radius 3 is 2.50 bits per heavy atom. The van der Waals surface area contributed by atoms with Gasteiger partial charge in [0.15, 0.2) is 11.9 Å². The van der Waals surface area contributed by atoms with E-state index in [2.05, 4.69) is 0 Å². The maximum atomic E-state index is 12.8. The van der Waals surface area contributed by atoms with E-state index in [1.165, 1.54) is 0 Å². The molecule has 6 heteroatoms. The van der Waals surface area contributed by atoms with Crippen molar-refractivity contribution in [3.63, 3.8) is 0 Å². The normalized spacial score (nSPS) is 16.5. The first-order valence-electron chi connectivity index (χ1n) is 8.38. The lowest BCUT2D eigenvalue weighted by Gasteiger charge is -2.19. The Morgan fingerprint density at radius 2 is 1.81 bits per heavy atom. The van der Waals surface area contributed by atoms with E-state index in [-0.39, 0.29) is 17.9 Å². The third-order valence-electron chi connectivity index (χ3n) is 4.07. The molecule has 1 aliphatic heterocycles. The molecule has 1 aliphatic rings. The fourth-order valence-corrected chi connectivity index (χ4v) is 2.74. The third-order valence-corrected chi connectivity index (χ3v) is 4.07. The summed E-state index contributed by atoms with van der Waals surface area (Å²) in [5.41, 5.74) is 0.671. The fourth-order valence-electron chi connectivity index (χ4n) is 2.74. The van der Waals surface area contributed by atoms with Crippen LogP contribution in [0.1, 0.15) is 34.6 Å². The molecule has 26 heavy (non-hydrogen) atoms. The molecule has 6 nitrogen and oxygen atoms in total. The maximum Gasteiger partial charge on any atom is 0.270 e. The largest absolute Gasteiger partial charge is 0.494 e. The molecule has 0 bridgehead atoms. The van der Waals surface area contributed by atoms with Crippen LogP contribution in [0.5, 0.6) is 11.5 Å². The van der Waals surface area contributed by atoms with Crippen molar-refractivity contribution in [2.75, 3.05) is 13.2 Å². The molecule has 1 heterocycles. The van der Waals surface area contributed by atoms with Crippen molar-refractivity contribution in [3.05, 3.63) is 59.7 Å². The van der Waals surface area contributed by atoms with Crippen LogP contribution in [0.4, 0.5) is 0 Å². The minimum atomic E-state index is -0.851. The number of fused-ring (bicyclic) bond motifs is 1. The van der Waals surface area contributed by atoms with Gasteiger partial charge in [0.25, 0.3) is 11.8 Å². The Hall–Kier alpha value is -3.15. The van der Waals surface area contributed by atoms with E-state index < -0.39 is 17.9 Å². The molecule has 0 radical (unpaired) electrons. The number of para-hydroxylation sites is 1. The molecule has 1 atom stereocenters. The third kappa shape index (κ3) is 3.44.